The zero-order chi connectivity index (χ0) is 32.0. The molecule has 5 rings (SSSR count). The Morgan fingerprint density at radius 3 is 2.45 bits per heavy atom. The van der Waals surface area contributed by atoms with Crippen LogP contribution >= 0.6 is 0 Å². The second-order valence-electron chi connectivity index (χ2n) is 10.2. The molecular weight excluding hydrogens is 610 g/mol. The first-order valence-corrected chi connectivity index (χ1v) is 14.5. The molecule has 1 heterocycles. The van der Waals surface area contributed by atoms with Crippen molar-refractivity contribution in [2.75, 3.05) is 12.4 Å². The molecule has 0 aliphatic heterocycles. The number of hydrogen-bond acceptors (Lipinski definition) is 7. The average Bonchev–Trinajstić information content (AvgIpc) is 3.58. The fourth-order valence-electron chi connectivity index (χ4n) is 5.51. The lowest BCUT2D eigenvalue weighted by molar-refractivity contribution is -0.121. The van der Waals surface area contributed by atoms with Gasteiger partial charge in [0.2, 0.25) is 5.91 Å². The molecule has 0 radical (unpaired) electrons. The number of sulfone groups is 1. The monoisotopic (exact) mass is 633 g/mol. The van der Waals surface area contributed by atoms with Crippen LogP contribution in [0.15, 0.2) is 71.8 Å². The van der Waals surface area contributed by atoms with E-state index in [1.54, 1.807) is 6.08 Å². The molecule has 0 unspecified atom stereocenters. The lowest BCUT2D eigenvalue weighted by Gasteiger charge is -2.28. The van der Waals surface area contributed by atoms with Crippen LogP contribution in [0.2, 0.25) is 0 Å². The van der Waals surface area contributed by atoms with Crippen LogP contribution in [-0.2, 0) is 14.6 Å². The number of carboxylic acids is 1. The van der Waals surface area contributed by atoms with Crippen molar-refractivity contribution in [2.45, 2.75) is 22.9 Å². The van der Waals surface area contributed by atoms with E-state index in [0.717, 1.165) is 30.3 Å². The van der Waals surface area contributed by atoms with E-state index in [1.165, 1.54) is 25.4 Å². The second-order valence-corrected chi connectivity index (χ2v) is 12.1. The van der Waals surface area contributed by atoms with Gasteiger partial charge in [-0.3, -0.25) is 14.6 Å². The van der Waals surface area contributed by atoms with Gasteiger partial charge in [-0.1, -0.05) is 18.2 Å². The van der Waals surface area contributed by atoms with E-state index in [4.69, 9.17) is 4.74 Å². The summed E-state index contributed by atoms with van der Waals surface area (Å²) in [5, 5.41) is 14.5. The smallest absolute Gasteiger partial charge is 0.496 e. The zero-order valence-electron chi connectivity index (χ0n) is 22.6. The van der Waals surface area contributed by atoms with Crippen LogP contribution in [0.25, 0.3) is 11.3 Å². The van der Waals surface area contributed by atoms with E-state index >= 15 is 4.39 Å². The molecule has 1 fully saturated rings. The van der Waals surface area contributed by atoms with Gasteiger partial charge in [-0.15, -0.1) is 0 Å². The molecule has 4 atom stereocenters. The van der Waals surface area contributed by atoms with Gasteiger partial charge in [0.05, 0.1) is 34.7 Å². The van der Waals surface area contributed by atoms with Gasteiger partial charge in [0, 0.05) is 29.6 Å². The third kappa shape index (κ3) is 5.62. The summed E-state index contributed by atoms with van der Waals surface area (Å²) in [5.41, 5.74) is -6.21. The molecule has 15 heteroatoms. The third-order valence-corrected chi connectivity index (χ3v) is 9.08. The number of hydrogen-bond donors (Lipinski definition) is 3. The van der Waals surface area contributed by atoms with Gasteiger partial charge in [-0.2, -0.15) is 13.2 Å². The molecule has 3 aromatic rings. The second kappa shape index (κ2) is 11.4. The highest BCUT2D eigenvalue weighted by atomic mass is 32.2. The van der Waals surface area contributed by atoms with Crippen LogP contribution < -0.4 is 15.4 Å². The first-order chi connectivity index (χ1) is 20.7. The minimum Gasteiger partial charge on any atom is -0.496 e. The number of rotatable bonds is 8. The van der Waals surface area contributed by atoms with Crippen LogP contribution in [0.3, 0.4) is 0 Å². The standard InChI is InChI=1S/C29H23F4N3O7S/c1-43-23-13-21(30)19(22-10-16(28(39)40)7-8-34-22)12-20(23)26(37)36-25-15-6-5-14(9-15)24(25)27(38)35-17-3-2-4-18(11-17)44(41,42)29(31,32)33/h2-8,10-15,24-25H,9H2,1H3,(H,35,38)(H,36,37)(H,39,40)/t14-,15+,24+,25-/m1/s1. The molecule has 2 aliphatic carbocycles. The molecule has 2 aliphatic rings. The molecular formula is C29H23F4N3O7S. The number of ether oxygens (including phenoxy) is 1. The number of benzene rings is 2. The molecule has 0 saturated heterocycles. The number of nitrogens with zero attached hydrogens (tertiary/aromatic N) is 1. The first-order valence-electron chi connectivity index (χ1n) is 13.0. The van der Waals surface area contributed by atoms with Gasteiger partial charge in [0.15, 0.2) is 0 Å². The summed E-state index contributed by atoms with van der Waals surface area (Å²) in [7, 11) is -4.43. The SMILES string of the molecule is COc1cc(F)c(-c2cc(C(=O)O)ccn2)cc1C(=O)N[C@H]1[C@@H](C(=O)Nc2cccc(S(=O)(=O)C(F)(F)F)c2)[C@@H]2C=C[C@H]1C2. The Hall–Kier alpha value is -4.79. The highest BCUT2D eigenvalue weighted by Gasteiger charge is 2.49. The largest absolute Gasteiger partial charge is 0.501 e. The maximum Gasteiger partial charge on any atom is 0.501 e. The zero-order valence-corrected chi connectivity index (χ0v) is 23.4. The van der Waals surface area contributed by atoms with Crippen LogP contribution in [-0.4, -0.2) is 55.0 Å². The number of allylic oxidation sites excluding steroid dienone is 1. The summed E-state index contributed by atoms with van der Waals surface area (Å²) in [6.45, 7) is 0. The lowest BCUT2D eigenvalue weighted by atomic mass is 9.87. The van der Waals surface area contributed by atoms with Crippen molar-refractivity contribution >= 4 is 33.3 Å². The van der Waals surface area contributed by atoms with Gasteiger partial charge < -0.3 is 20.5 Å². The predicted molar refractivity (Wildman–Crippen MR) is 147 cm³/mol. The summed E-state index contributed by atoms with van der Waals surface area (Å²) >= 11 is 0. The topological polar surface area (TPSA) is 152 Å². The van der Waals surface area contributed by atoms with E-state index in [2.05, 4.69) is 15.6 Å². The number of methoxy groups -OCH3 is 1. The molecule has 1 aromatic heterocycles. The highest BCUT2D eigenvalue weighted by molar-refractivity contribution is 7.92. The van der Waals surface area contributed by atoms with E-state index in [0.29, 0.717) is 12.5 Å². The van der Waals surface area contributed by atoms with Gasteiger partial charge in [-0.05, 0) is 54.7 Å². The van der Waals surface area contributed by atoms with Crippen LogP contribution in [0.5, 0.6) is 5.75 Å². The van der Waals surface area contributed by atoms with Crippen molar-refractivity contribution < 1.29 is 50.2 Å². The minimum atomic E-state index is -5.65. The maximum absolute atomic E-state index is 15.0. The Bertz CT molecular complexity index is 1810. The van der Waals surface area contributed by atoms with E-state index in [9.17, 15) is 41.1 Å². The number of nitrogens with one attached hydrogen (secondary N) is 2. The quantitative estimate of drug-likeness (QED) is 0.243. The fourth-order valence-corrected chi connectivity index (χ4v) is 6.32. The number of fused-ring (bicyclic) bond motifs is 2. The molecule has 3 N–H and O–H groups in total. The van der Waals surface area contributed by atoms with Crippen LogP contribution in [0.1, 0.15) is 27.1 Å². The summed E-state index contributed by atoms with van der Waals surface area (Å²) in [4.78, 5) is 41.3. The Kier molecular flexibility index (Phi) is 7.92. The van der Waals surface area contributed by atoms with Gasteiger partial charge in [0.1, 0.15) is 11.6 Å². The number of amides is 2. The van der Waals surface area contributed by atoms with Crippen LogP contribution in [0.4, 0.5) is 23.2 Å². The van der Waals surface area contributed by atoms with Gasteiger partial charge in [-0.25, -0.2) is 17.6 Å². The van der Waals surface area contributed by atoms with Crippen molar-refractivity contribution in [1.29, 1.82) is 0 Å². The Labute approximate surface area is 247 Å². The molecule has 2 bridgehead atoms. The number of aromatic nitrogens is 1. The molecule has 2 aromatic carbocycles. The molecule has 230 valence electrons. The fraction of sp³-hybridized carbons (Fsp3) is 0.241. The number of anilines is 1. The number of alkyl halides is 3. The number of carboxylic acid groups (broad SMARTS) is 1. The number of aromatic carboxylic acids is 1. The average molecular weight is 634 g/mol. The van der Waals surface area contributed by atoms with E-state index < -0.39 is 55.8 Å². The van der Waals surface area contributed by atoms with E-state index in [1.807, 2.05) is 6.08 Å². The maximum atomic E-state index is 15.0. The summed E-state index contributed by atoms with van der Waals surface area (Å²) in [6.07, 6.45) is 5.29. The summed E-state index contributed by atoms with van der Waals surface area (Å²) in [6, 6.07) is 7.45. The Morgan fingerprint density at radius 2 is 1.77 bits per heavy atom. The number of carbonyl (C=O) groups is 3. The third-order valence-electron chi connectivity index (χ3n) is 7.59. The van der Waals surface area contributed by atoms with E-state index in [-0.39, 0.29) is 45.7 Å². The Morgan fingerprint density at radius 1 is 1.05 bits per heavy atom. The van der Waals surface area contributed by atoms with Gasteiger partial charge in [0.25, 0.3) is 15.7 Å². The van der Waals surface area contributed by atoms with Gasteiger partial charge >= 0.3 is 11.5 Å². The number of halogens is 4. The molecule has 1 saturated carbocycles. The molecule has 44 heavy (non-hydrogen) atoms. The summed E-state index contributed by atoms with van der Waals surface area (Å²) < 4.78 is 83.0. The molecule has 10 nitrogen and oxygen atoms in total. The van der Waals surface area contributed by atoms with Crippen LogP contribution in [0, 0.1) is 23.6 Å². The number of carbonyl (C=O) groups excluding carboxylic acids is 2. The first kappa shape index (κ1) is 30.7. The lowest BCUT2D eigenvalue weighted by Crippen LogP contribution is -2.47. The minimum absolute atomic E-state index is 0.0472. The van der Waals surface area contributed by atoms with Crippen molar-refractivity contribution in [1.82, 2.24) is 10.3 Å². The molecule has 0 spiro atoms. The van der Waals surface area contributed by atoms with Crippen molar-refractivity contribution in [3.63, 3.8) is 0 Å². The number of pyridine rings is 1. The Balaban J connectivity index is 1.41. The molecule has 2 amide bonds. The predicted octanol–water partition coefficient (Wildman–Crippen LogP) is 4.45. The summed E-state index contributed by atoms with van der Waals surface area (Å²) in [5.74, 6) is -5.12. The van der Waals surface area contributed by atoms with Crippen molar-refractivity contribution in [3.8, 4) is 17.0 Å². The highest BCUT2D eigenvalue weighted by Crippen LogP contribution is 2.45. The van der Waals surface area contributed by atoms with Crippen molar-refractivity contribution in [3.05, 3.63) is 83.8 Å². The normalized spacial score (nSPS) is 20.8. The van der Waals surface area contributed by atoms with Crippen molar-refractivity contribution in [2.24, 2.45) is 17.8 Å².